The zero-order valence-corrected chi connectivity index (χ0v) is 10.2. The third-order valence-corrected chi connectivity index (χ3v) is 3.52. The normalized spacial score (nSPS) is 20.4. The second-order valence-electron chi connectivity index (χ2n) is 4.91. The smallest absolute Gasteiger partial charge is 0.0538 e. The van der Waals surface area contributed by atoms with Crippen LogP contribution in [-0.2, 0) is 0 Å². The van der Waals surface area contributed by atoms with E-state index in [0.29, 0.717) is 0 Å². The molecule has 1 fully saturated rings. The monoisotopic (exact) mass is 213 g/mol. The van der Waals surface area contributed by atoms with E-state index in [1.54, 1.807) is 0 Å². The fraction of sp³-hybridized carbons (Fsp3) is 1.00. The van der Waals surface area contributed by atoms with E-state index in [1.165, 1.54) is 38.6 Å². The summed E-state index contributed by atoms with van der Waals surface area (Å²) in [4.78, 5) is 0. The highest BCUT2D eigenvalue weighted by atomic mass is 16.3. The average molecular weight is 213 g/mol. The molecule has 1 aliphatic carbocycles. The van der Waals surface area contributed by atoms with Crippen LogP contribution in [0.4, 0.5) is 0 Å². The van der Waals surface area contributed by atoms with E-state index in [9.17, 15) is 5.11 Å². The van der Waals surface area contributed by atoms with Crippen molar-refractivity contribution in [3.63, 3.8) is 0 Å². The minimum absolute atomic E-state index is 0.0820. The van der Waals surface area contributed by atoms with E-state index in [-0.39, 0.29) is 6.10 Å². The Labute approximate surface area is 94.5 Å². The Kier molecular flexibility index (Phi) is 7.03. The molecule has 2 N–H and O–H groups in total. The van der Waals surface area contributed by atoms with Gasteiger partial charge in [-0.2, -0.15) is 0 Å². The van der Waals surface area contributed by atoms with E-state index < -0.39 is 0 Å². The fourth-order valence-corrected chi connectivity index (χ4v) is 2.36. The lowest BCUT2D eigenvalue weighted by atomic mass is 9.89. The quantitative estimate of drug-likeness (QED) is 0.637. The molecule has 0 aromatic heterocycles. The van der Waals surface area contributed by atoms with Crippen LogP contribution in [0.15, 0.2) is 0 Å². The first kappa shape index (κ1) is 13.0. The average Bonchev–Trinajstić information content (AvgIpc) is 2.29. The maximum atomic E-state index is 9.38. The van der Waals surface area contributed by atoms with Crippen molar-refractivity contribution in [1.29, 1.82) is 0 Å². The maximum Gasteiger partial charge on any atom is 0.0538 e. The Morgan fingerprint density at radius 3 is 2.67 bits per heavy atom. The van der Waals surface area contributed by atoms with Gasteiger partial charge in [0.15, 0.2) is 0 Å². The fourth-order valence-electron chi connectivity index (χ4n) is 2.36. The molecule has 0 amide bonds. The highest BCUT2D eigenvalue weighted by molar-refractivity contribution is 4.68. The van der Waals surface area contributed by atoms with Crippen LogP contribution in [0.1, 0.15) is 58.3 Å². The summed E-state index contributed by atoms with van der Waals surface area (Å²) >= 11 is 0. The van der Waals surface area contributed by atoms with Gasteiger partial charge in [-0.05, 0) is 51.1 Å². The number of hydrogen-bond donors (Lipinski definition) is 2. The van der Waals surface area contributed by atoms with E-state index in [4.69, 9.17) is 0 Å². The van der Waals surface area contributed by atoms with Crippen molar-refractivity contribution in [2.24, 2.45) is 5.92 Å². The van der Waals surface area contributed by atoms with E-state index in [1.807, 2.05) is 6.92 Å². The molecule has 0 heterocycles. The van der Waals surface area contributed by atoms with Gasteiger partial charge in [-0.1, -0.05) is 26.2 Å². The Morgan fingerprint density at radius 2 is 2.00 bits per heavy atom. The molecule has 2 heteroatoms. The van der Waals surface area contributed by atoms with Gasteiger partial charge in [-0.3, -0.25) is 0 Å². The van der Waals surface area contributed by atoms with E-state index in [0.717, 1.165) is 31.7 Å². The van der Waals surface area contributed by atoms with Crippen LogP contribution < -0.4 is 5.32 Å². The van der Waals surface area contributed by atoms with Crippen LogP contribution in [0.25, 0.3) is 0 Å². The highest BCUT2D eigenvalue weighted by Crippen LogP contribution is 2.22. The first-order valence-electron chi connectivity index (χ1n) is 6.71. The third kappa shape index (κ3) is 6.16. The Hall–Kier alpha value is -0.0800. The Morgan fingerprint density at radius 1 is 1.27 bits per heavy atom. The van der Waals surface area contributed by atoms with Crippen molar-refractivity contribution >= 4 is 0 Å². The van der Waals surface area contributed by atoms with Gasteiger partial charge < -0.3 is 10.4 Å². The summed E-state index contributed by atoms with van der Waals surface area (Å²) < 4.78 is 0. The summed E-state index contributed by atoms with van der Waals surface area (Å²) in [7, 11) is 0. The summed E-state index contributed by atoms with van der Waals surface area (Å²) in [5, 5.41) is 12.9. The van der Waals surface area contributed by atoms with Crippen molar-refractivity contribution in [2.75, 3.05) is 13.1 Å². The predicted molar refractivity (Wildman–Crippen MR) is 65.0 cm³/mol. The van der Waals surface area contributed by atoms with Crippen molar-refractivity contribution in [3.05, 3.63) is 0 Å². The second-order valence-corrected chi connectivity index (χ2v) is 4.91. The first-order valence-corrected chi connectivity index (χ1v) is 6.71. The number of nitrogens with one attached hydrogen (secondary N) is 1. The van der Waals surface area contributed by atoms with Crippen LogP contribution in [0.3, 0.4) is 0 Å². The molecule has 1 rings (SSSR count). The molecule has 1 unspecified atom stereocenters. The van der Waals surface area contributed by atoms with Gasteiger partial charge in [-0.25, -0.2) is 0 Å². The van der Waals surface area contributed by atoms with Gasteiger partial charge in [0, 0.05) is 0 Å². The van der Waals surface area contributed by atoms with E-state index in [2.05, 4.69) is 5.32 Å². The maximum absolute atomic E-state index is 9.38. The molecule has 0 bridgehead atoms. The number of rotatable bonds is 7. The minimum Gasteiger partial charge on any atom is -0.393 e. The van der Waals surface area contributed by atoms with E-state index >= 15 is 0 Å². The van der Waals surface area contributed by atoms with Crippen LogP contribution in [0.5, 0.6) is 0 Å². The van der Waals surface area contributed by atoms with Gasteiger partial charge in [0.25, 0.3) is 0 Å². The largest absolute Gasteiger partial charge is 0.393 e. The molecule has 1 saturated carbocycles. The molecular weight excluding hydrogens is 186 g/mol. The third-order valence-electron chi connectivity index (χ3n) is 3.52. The van der Waals surface area contributed by atoms with Crippen molar-refractivity contribution in [1.82, 2.24) is 5.32 Å². The summed E-state index contributed by atoms with van der Waals surface area (Å²) in [6.45, 7) is 4.32. The predicted octanol–water partition coefficient (Wildman–Crippen LogP) is 2.71. The molecule has 1 atom stereocenters. The SMILES string of the molecule is CCC(O)CCCNCC1CCCCC1. The van der Waals surface area contributed by atoms with Gasteiger partial charge in [0.2, 0.25) is 0 Å². The van der Waals surface area contributed by atoms with Gasteiger partial charge in [0.1, 0.15) is 0 Å². The number of aliphatic hydroxyl groups is 1. The van der Waals surface area contributed by atoms with Gasteiger partial charge in [-0.15, -0.1) is 0 Å². The summed E-state index contributed by atoms with van der Waals surface area (Å²) in [5.41, 5.74) is 0. The first-order chi connectivity index (χ1) is 7.33. The molecule has 0 aromatic carbocycles. The Balaban J connectivity index is 1.87. The Bertz CT molecular complexity index is 143. The van der Waals surface area contributed by atoms with Crippen LogP contribution >= 0.6 is 0 Å². The zero-order chi connectivity index (χ0) is 10.9. The molecule has 15 heavy (non-hydrogen) atoms. The molecule has 90 valence electrons. The van der Waals surface area contributed by atoms with Crippen molar-refractivity contribution in [2.45, 2.75) is 64.4 Å². The lowest BCUT2D eigenvalue weighted by Gasteiger charge is -2.21. The molecular formula is C13H27NO. The minimum atomic E-state index is -0.0820. The molecule has 0 spiro atoms. The lowest BCUT2D eigenvalue weighted by Crippen LogP contribution is -2.25. The lowest BCUT2D eigenvalue weighted by molar-refractivity contribution is 0.157. The van der Waals surface area contributed by atoms with Crippen molar-refractivity contribution < 1.29 is 5.11 Å². The van der Waals surface area contributed by atoms with Crippen LogP contribution in [0.2, 0.25) is 0 Å². The summed E-state index contributed by atoms with van der Waals surface area (Å²) in [6.07, 6.45) is 10.0. The standard InChI is InChI=1S/C13H27NO/c1-2-13(15)9-6-10-14-11-12-7-4-3-5-8-12/h12-15H,2-11H2,1H3. The molecule has 0 aliphatic heterocycles. The second kappa shape index (κ2) is 8.12. The number of hydrogen-bond acceptors (Lipinski definition) is 2. The summed E-state index contributed by atoms with van der Waals surface area (Å²) in [5.74, 6) is 0.926. The molecule has 2 nitrogen and oxygen atoms in total. The number of aliphatic hydroxyl groups excluding tert-OH is 1. The molecule has 0 aromatic rings. The van der Waals surface area contributed by atoms with Crippen molar-refractivity contribution in [3.8, 4) is 0 Å². The summed E-state index contributed by atoms with van der Waals surface area (Å²) in [6, 6.07) is 0. The molecule has 0 radical (unpaired) electrons. The van der Waals surface area contributed by atoms with Crippen LogP contribution in [0, 0.1) is 5.92 Å². The van der Waals surface area contributed by atoms with Crippen LogP contribution in [-0.4, -0.2) is 24.3 Å². The highest BCUT2D eigenvalue weighted by Gasteiger charge is 2.12. The van der Waals surface area contributed by atoms with Gasteiger partial charge in [0.05, 0.1) is 6.10 Å². The molecule has 1 aliphatic rings. The van der Waals surface area contributed by atoms with Gasteiger partial charge >= 0.3 is 0 Å². The topological polar surface area (TPSA) is 32.3 Å². The zero-order valence-electron chi connectivity index (χ0n) is 10.2. The molecule has 0 saturated heterocycles.